The van der Waals surface area contributed by atoms with E-state index in [0.29, 0.717) is 0 Å². The summed E-state index contributed by atoms with van der Waals surface area (Å²) in [6, 6.07) is 7.18. The molecule has 1 aliphatic heterocycles. The Morgan fingerprint density at radius 3 is 2.94 bits per heavy atom. The van der Waals surface area contributed by atoms with Gasteiger partial charge in [0.15, 0.2) is 0 Å². The van der Waals surface area contributed by atoms with Gasteiger partial charge in [0.25, 0.3) is 0 Å². The lowest BCUT2D eigenvalue weighted by Crippen LogP contribution is -2.37. The van der Waals surface area contributed by atoms with Crippen molar-refractivity contribution in [1.29, 1.82) is 0 Å². The third-order valence-electron chi connectivity index (χ3n) is 3.90. The zero-order valence-corrected chi connectivity index (χ0v) is 13.0. The first-order valence-corrected chi connectivity index (χ1v) is 7.66. The van der Waals surface area contributed by atoms with Gasteiger partial charge in [0, 0.05) is 22.7 Å². The Morgan fingerprint density at radius 2 is 2.22 bits per heavy atom. The van der Waals surface area contributed by atoms with Crippen LogP contribution in [-0.4, -0.2) is 31.1 Å². The highest BCUT2D eigenvalue weighted by molar-refractivity contribution is 9.10. The van der Waals surface area contributed by atoms with Crippen molar-refractivity contribution in [3.8, 4) is 0 Å². The maximum absolute atomic E-state index is 3.56. The van der Waals surface area contributed by atoms with Crippen LogP contribution in [0, 0.1) is 6.92 Å². The molecule has 100 valence electrons. The quantitative estimate of drug-likeness (QED) is 0.902. The molecule has 0 saturated carbocycles. The molecule has 0 radical (unpaired) electrons. The first kappa shape index (κ1) is 13.9. The number of aryl methyl sites for hydroxylation is 1. The summed E-state index contributed by atoms with van der Waals surface area (Å²) in [5.41, 5.74) is 2.57. The van der Waals surface area contributed by atoms with Gasteiger partial charge >= 0.3 is 0 Å². The molecule has 0 amide bonds. The minimum absolute atomic E-state index is 0.766. The predicted octanol–water partition coefficient (Wildman–Crippen LogP) is 4.04. The normalized spacial score (nSPS) is 20.9. The summed E-state index contributed by atoms with van der Waals surface area (Å²) in [4.78, 5) is 2.51. The van der Waals surface area contributed by atoms with E-state index >= 15 is 0 Å². The number of piperidine rings is 1. The van der Waals surface area contributed by atoms with Crippen LogP contribution in [0.25, 0.3) is 0 Å². The predicted molar refractivity (Wildman–Crippen MR) is 82.3 cm³/mol. The van der Waals surface area contributed by atoms with E-state index in [1.807, 2.05) is 0 Å². The van der Waals surface area contributed by atoms with Crippen LogP contribution in [0.1, 0.15) is 31.2 Å². The van der Waals surface area contributed by atoms with Gasteiger partial charge in [-0.15, -0.1) is 0 Å². The number of nitrogens with zero attached hydrogens (tertiary/aromatic N) is 1. The molecule has 1 atom stereocenters. The maximum atomic E-state index is 3.56. The number of hydrogen-bond acceptors (Lipinski definition) is 2. The second kappa shape index (κ2) is 6.58. The second-order valence-corrected chi connectivity index (χ2v) is 6.22. The molecule has 1 aromatic rings. The largest absolute Gasteiger partial charge is 0.385 e. The smallest absolute Gasteiger partial charge is 0.0370 e. The number of hydrogen-bond donors (Lipinski definition) is 1. The highest BCUT2D eigenvalue weighted by Crippen LogP contribution is 2.21. The van der Waals surface area contributed by atoms with E-state index in [0.717, 1.165) is 17.1 Å². The fourth-order valence-electron chi connectivity index (χ4n) is 2.71. The average molecular weight is 311 g/mol. The standard InChI is InChI=1S/C15H23BrN2/c1-12-11-13(16)6-7-15(12)17-9-8-14-5-3-4-10-18(14)2/h6-7,11,14,17H,3-5,8-10H2,1-2H3. The van der Waals surface area contributed by atoms with E-state index in [2.05, 4.69) is 58.3 Å². The molecule has 1 saturated heterocycles. The summed E-state index contributed by atoms with van der Waals surface area (Å²) in [5, 5.41) is 3.56. The number of halogens is 1. The summed E-state index contributed by atoms with van der Waals surface area (Å²) in [6.45, 7) is 4.49. The van der Waals surface area contributed by atoms with Crippen LogP contribution in [0.4, 0.5) is 5.69 Å². The van der Waals surface area contributed by atoms with Gasteiger partial charge in [-0.2, -0.15) is 0 Å². The van der Waals surface area contributed by atoms with Gasteiger partial charge in [-0.1, -0.05) is 22.4 Å². The third-order valence-corrected chi connectivity index (χ3v) is 4.40. The van der Waals surface area contributed by atoms with E-state index < -0.39 is 0 Å². The topological polar surface area (TPSA) is 15.3 Å². The van der Waals surface area contributed by atoms with Crippen LogP contribution in [0.3, 0.4) is 0 Å². The monoisotopic (exact) mass is 310 g/mol. The van der Waals surface area contributed by atoms with Crippen LogP contribution >= 0.6 is 15.9 Å². The van der Waals surface area contributed by atoms with Gasteiger partial charge < -0.3 is 10.2 Å². The van der Waals surface area contributed by atoms with Gasteiger partial charge in [-0.25, -0.2) is 0 Å². The Balaban J connectivity index is 1.81. The molecule has 2 nitrogen and oxygen atoms in total. The fourth-order valence-corrected chi connectivity index (χ4v) is 3.18. The summed E-state index contributed by atoms with van der Waals surface area (Å²) in [5.74, 6) is 0. The molecule has 0 aliphatic carbocycles. The molecule has 1 heterocycles. The molecule has 3 heteroatoms. The lowest BCUT2D eigenvalue weighted by atomic mass is 10.00. The Bertz CT molecular complexity index is 392. The summed E-state index contributed by atoms with van der Waals surface area (Å²) >= 11 is 3.50. The lowest BCUT2D eigenvalue weighted by molar-refractivity contribution is 0.179. The van der Waals surface area contributed by atoms with Gasteiger partial charge in [-0.3, -0.25) is 0 Å². The van der Waals surface area contributed by atoms with Crippen LogP contribution in [0.15, 0.2) is 22.7 Å². The molecule has 1 fully saturated rings. The van der Waals surface area contributed by atoms with Crippen molar-refractivity contribution in [2.75, 3.05) is 25.5 Å². The van der Waals surface area contributed by atoms with E-state index in [-0.39, 0.29) is 0 Å². The lowest BCUT2D eigenvalue weighted by Gasteiger charge is -2.32. The van der Waals surface area contributed by atoms with Crippen molar-refractivity contribution in [2.24, 2.45) is 0 Å². The van der Waals surface area contributed by atoms with Gasteiger partial charge in [0.2, 0.25) is 0 Å². The zero-order valence-electron chi connectivity index (χ0n) is 11.4. The molecule has 1 N–H and O–H groups in total. The Labute approximate surface area is 119 Å². The molecular weight excluding hydrogens is 288 g/mol. The van der Waals surface area contributed by atoms with Crippen molar-refractivity contribution in [3.63, 3.8) is 0 Å². The molecule has 0 aromatic heterocycles. The van der Waals surface area contributed by atoms with E-state index in [1.54, 1.807) is 0 Å². The van der Waals surface area contributed by atoms with Crippen molar-refractivity contribution >= 4 is 21.6 Å². The van der Waals surface area contributed by atoms with E-state index in [4.69, 9.17) is 0 Å². The number of benzene rings is 1. The number of anilines is 1. The molecule has 1 unspecified atom stereocenters. The molecule has 0 bridgehead atoms. The zero-order chi connectivity index (χ0) is 13.0. The third kappa shape index (κ3) is 3.72. The Hall–Kier alpha value is -0.540. The van der Waals surface area contributed by atoms with Crippen LogP contribution in [0.2, 0.25) is 0 Å². The van der Waals surface area contributed by atoms with Crippen LogP contribution < -0.4 is 5.32 Å². The number of likely N-dealkylation sites (tertiary alicyclic amines) is 1. The van der Waals surface area contributed by atoms with E-state index in [1.165, 1.54) is 43.5 Å². The van der Waals surface area contributed by atoms with Gasteiger partial charge in [0.05, 0.1) is 0 Å². The van der Waals surface area contributed by atoms with Crippen LogP contribution in [0.5, 0.6) is 0 Å². The maximum Gasteiger partial charge on any atom is 0.0370 e. The molecule has 0 spiro atoms. The van der Waals surface area contributed by atoms with Gasteiger partial charge in [-0.05, 0) is 63.5 Å². The summed E-state index contributed by atoms with van der Waals surface area (Å²) in [6.07, 6.45) is 5.36. The number of rotatable bonds is 4. The van der Waals surface area contributed by atoms with E-state index in [9.17, 15) is 0 Å². The number of nitrogens with one attached hydrogen (secondary N) is 1. The minimum atomic E-state index is 0.766. The molecule has 18 heavy (non-hydrogen) atoms. The molecule has 1 aliphatic rings. The highest BCUT2D eigenvalue weighted by atomic mass is 79.9. The van der Waals surface area contributed by atoms with Crippen molar-refractivity contribution < 1.29 is 0 Å². The minimum Gasteiger partial charge on any atom is -0.385 e. The Morgan fingerprint density at radius 1 is 1.39 bits per heavy atom. The average Bonchev–Trinajstić information content (AvgIpc) is 2.34. The van der Waals surface area contributed by atoms with Crippen molar-refractivity contribution in [1.82, 2.24) is 4.90 Å². The SMILES string of the molecule is Cc1cc(Br)ccc1NCCC1CCCCN1C. The molecule has 1 aromatic carbocycles. The van der Waals surface area contributed by atoms with Crippen molar-refractivity contribution in [3.05, 3.63) is 28.2 Å². The molecular formula is C15H23BrN2. The molecule has 2 rings (SSSR count). The summed E-state index contributed by atoms with van der Waals surface area (Å²) in [7, 11) is 2.26. The van der Waals surface area contributed by atoms with Crippen molar-refractivity contribution in [2.45, 2.75) is 38.6 Å². The second-order valence-electron chi connectivity index (χ2n) is 5.30. The Kier molecular flexibility index (Phi) is 5.07. The first-order chi connectivity index (χ1) is 8.66. The summed E-state index contributed by atoms with van der Waals surface area (Å²) < 4.78 is 1.15. The fraction of sp³-hybridized carbons (Fsp3) is 0.600. The first-order valence-electron chi connectivity index (χ1n) is 6.87. The van der Waals surface area contributed by atoms with Crippen LogP contribution in [-0.2, 0) is 0 Å². The highest BCUT2D eigenvalue weighted by Gasteiger charge is 2.17. The van der Waals surface area contributed by atoms with Gasteiger partial charge in [0.1, 0.15) is 0 Å².